The third-order valence-corrected chi connectivity index (χ3v) is 4.30. The van der Waals surface area contributed by atoms with Gasteiger partial charge in [0.05, 0.1) is 0 Å². The molecule has 1 aromatic rings. The second-order valence-corrected chi connectivity index (χ2v) is 7.08. The van der Waals surface area contributed by atoms with Gasteiger partial charge in [-0.15, -0.1) is 0 Å². The van der Waals surface area contributed by atoms with Crippen LogP contribution in [-0.2, 0) is 5.41 Å². The molecule has 2 rings (SSSR count). The quantitative estimate of drug-likeness (QED) is 0.870. The van der Waals surface area contributed by atoms with Gasteiger partial charge in [0.2, 0.25) is 0 Å². The van der Waals surface area contributed by atoms with E-state index in [-0.39, 0.29) is 5.41 Å². The van der Waals surface area contributed by atoms with Crippen LogP contribution in [-0.4, -0.2) is 41.0 Å². The van der Waals surface area contributed by atoms with Crippen molar-refractivity contribution in [2.45, 2.75) is 52.0 Å². The number of hydrogen-bond acceptors (Lipinski definition) is 4. The first-order valence-electron chi connectivity index (χ1n) is 7.28. The fourth-order valence-corrected chi connectivity index (χ4v) is 2.62. The number of anilines is 1. The molecule has 1 aliphatic rings. The number of halogens is 1. The van der Waals surface area contributed by atoms with E-state index in [1.54, 1.807) is 0 Å². The highest BCUT2D eigenvalue weighted by molar-refractivity contribution is 6.30. The highest BCUT2D eigenvalue weighted by Gasteiger charge is 2.23. The molecule has 1 aliphatic heterocycles. The predicted molar refractivity (Wildman–Crippen MR) is 84.6 cm³/mol. The molecular weight excluding hydrogens is 272 g/mol. The Bertz CT molecular complexity index is 481. The highest BCUT2D eigenvalue weighted by atomic mass is 35.5. The lowest BCUT2D eigenvalue weighted by Crippen LogP contribution is -2.32. The van der Waals surface area contributed by atoms with E-state index in [9.17, 15) is 0 Å². The lowest BCUT2D eigenvalue weighted by atomic mass is 9.95. The molecule has 0 radical (unpaired) electrons. The topological polar surface area (TPSA) is 41.1 Å². The summed E-state index contributed by atoms with van der Waals surface area (Å²) in [5.41, 5.74) is 0.832. The van der Waals surface area contributed by atoms with Crippen LogP contribution in [0.15, 0.2) is 0 Å². The van der Waals surface area contributed by atoms with Gasteiger partial charge >= 0.3 is 0 Å². The Hall–Kier alpha value is -0.870. The molecule has 4 nitrogen and oxygen atoms in total. The minimum Gasteiger partial charge on any atom is -0.368 e. The summed E-state index contributed by atoms with van der Waals surface area (Å²) in [6.07, 6.45) is 2.52. The minimum atomic E-state index is -0.0993. The van der Waals surface area contributed by atoms with E-state index in [1.165, 1.54) is 19.4 Å². The van der Waals surface area contributed by atoms with Crippen molar-refractivity contribution in [3.63, 3.8) is 0 Å². The van der Waals surface area contributed by atoms with Crippen LogP contribution in [0.5, 0.6) is 0 Å². The first-order chi connectivity index (χ1) is 9.29. The van der Waals surface area contributed by atoms with E-state index < -0.39 is 0 Å². The molecule has 1 atom stereocenters. The molecule has 0 aliphatic carbocycles. The second kappa shape index (κ2) is 5.86. The number of nitrogens with zero attached hydrogens (tertiary/aromatic N) is 3. The minimum absolute atomic E-state index is 0.0993. The molecule has 0 spiro atoms. The van der Waals surface area contributed by atoms with E-state index in [4.69, 9.17) is 11.6 Å². The van der Waals surface area contributed by atoms with Gasteiger partial charge in [-0.1, -0.05) is 32.4 Å². The highest BCUT2D eigenvalue weighted by Crippen LogP contribution is 2.26. The molecular formula is C15H25ClN4. The molecule has 5 heteroatoms. The molecule has 0 aromatic carbocycles. The maximum atomic E-state index is 6.25. The molecule has 2 heterocycles. The smallest absolute Gasteiger partial charge is 0.137 e. The van der Waals surface area contributed by atoms with Gasteiger partial charge in [-0.05, 0) is 33.4 Å². The zero-order valence-electron chi connectivity index (χ0n) is 13.1. The lowest BCUT2D eigenvalue weighted by molar-refractivity contribution is 0.322. The van der Waals surface area contributed by atoms with Crippen molar-refractivity contribution in [2.75, 3.05) is 25.5 Å². The number of nitrogens with one attached hydrogen (secondary N) is 1. The average Bonchev–Trinajstić information content (AvgIpc) is 2.75. The van der Waals surface area contributed by atoms with Crippen molar-refractivity contribution < 1.29 is 0 Å². The largest absolute Gasteiger partial charge is 0.368 e. The van der Waals surface area contributed by atoms with Crippen LogP contribution >= 0.6 is 11.6 Å². The van der Waals surface area contributed by atoms with E-state index in [0.29, 0.717) is 11.2 Å². The van der Waals surface area contributed by atoms with Crippen molar-refractivity contribution >= 4 is 17.4 Å². The van der Waals surface area contributed by atoms with E-state index >= 15 is 0 Å². The van der Waals surface area contributed by atoms with Gasteiger partial charge in [-0.25, -0.2) is 9.97 Å². The number of rotatable bonds is 3. The summed E-state index contributed by atoms with van der Waals surface area (Å²) in [7, 11) is 2.18. The van der Waals surface area contributed by atoms with Crippen molar-refractivity contribution in [2.24, 2.45) is 0 Å². The lowest BCUT2D eigenvalue weighted by Gasteiger charge is -2.22. The van der Waals surface area contributed by atoms with Crippen LogP contribution in [0.3, 0.4) is 0 Å². The molecule has 1 fully saturated rings. The van der Waals surface area contributed by atoms with Gasteiger partial charge in [0.15, 0.2) is 0 Å². The fourth-order valence-electron chi connectivity index (χ4n) is 2.45. The van der Waals surface area contributed by atoms with E-state index in [1.807, 2.05) is 6.92 Å². The molecule has 1 aromatic heterocycles. The van der Waals surface area contributed by atoms with E-state index in [2.05, 4.69) is 48.0 Å². The maximum absolute atomic E-state index is 6.25. The van der Waals surface area contributed by atoms with Gasteiger partial charge in [0.1, 0.15) is 16.8 Å². The molecule has 1 saturated heterocycles. The number of hydrogen-bond donors (Lipinski definition) is 1. The van der Waals surface area contributed by atoms with Crippen molar-refractivity contribution in [3.8, 4) is 0 Å². The van der Waals surface area contributed by atoms with Gasteiger partial charge in [-0.2, -0.15) is 0 Å². The summed E-state index contributed by atoms with van der Waals surface area (Å²) in [6, 6.07) is 0.584. The number of likely N-dealkylation sites (N-methyl/N-ethyl adjacent to an activating group) is 1. The van der Waals surface area contributed by atoms with Crippen LogP contribution in [0.4, 0.5) is 5.82 Å². The number of likely N-dealkylation sites (tertiary alicyclic amines) is 1. The monoisotopic (exact) mass is 296 g/mol. The van der Waals surface area contributed by atoms with Crippen molar-refractivity contribution in [3.05, 3.63) is 16.5 Å². The van der Waals surface area contributed by atoms with Crippen LogP contribution in [0, 0.1) is 6.92 Å². The summed E-state index contributed by atoms with van der Waals surface area (Å²) in [4.78, 5) is 11.5. The van der Waals surface area contributed by atoms with Gasteiger partial charge in [-0.3, -0.25) is 0 Å². The first kappa shape index (κ1) is 15.5. The molecule has 0 saturated carbocycles. The summed E-state index contributed by atoms with van der Waals surface area (Å²) in [5, 5.41) is 4.01. The molecule has 0 amide bonds. The van der Waals surface area contributed by atoms with Crippen LogP contribution in [0.25, 0.3) is 0 Å². The molecule has 112 valence electrons. The third kappa shape index (κ3) is 3.41. The van der Waals surface area contributed by atoms with Crippen molar-refractivity contribution in [1.82, 2.24) is 14.9 Å². The summed E-state index contributed by atoms with van der Waals surface area (Å²) >= 11 is 6.25. The standard InChI is InChI=1S/C15H25ClN4/c1-10-12(16)18-14(15(2,3)4)19-13(10)17-9-11-7-6-8-20(11)5/h11H,6-9H2,1-5H3,(H,17,18,19). The molecule has 20 heavy (non-hydrogen) atoms. The van der Waals surface area contributed by atoms with Crippen LogP contribution in [0.2, 0.25) is 5.15 Å². The summed E-state index contributed by atoms with van der Waals surface area (Å²) in [5.74, 6) is 1.66. The normalized spacial score (nSPS) is 20.4. The average molecular weight is 297 g/mol. The van der Waals surface area contributed by atoms with Gasteiger partial charge < -0.3 is 10.2 Å². The van der Waals surface area contributed by atoms with Crippen LogP contribution < -0.4 is 5.32 Å². The Morgan fingerprint density at radius 1 is 1.35 bits per heavy atom. The van der Waals surface area contributed by atoms with Crippen molar-refractivity contribution in [1.29, 1.82) is 0 Å². The maximum Gasteiger partial charge on any atom is 0.137 e. The summed E-state index contributed by atoms with van der Waals surface area (Å²) in [6.45, 7) is 10.4. The van der Waals surface area contributed by atoms with Gasteiger partial charge in [0, 0.05) is 23.6 Å². The predicted octanol–water partition coefficient (Wildman–Crippen LogP) is 3.24. The molecule has 0 bridgehead atoms. The Balaban J connectivity index is 2.16. The zero-order valence-corrected chi connectivity index (χ0v) is 13.9. The molecule has 1 N–H and O–H groups in total. The van der Waals surface area contributed by atoms with Gasteiger partial charge in [0.25, 0.3) is 0 Å². The van der Waals surface area contributed by atoms with Crippen LogP contribution in [0.1, 0.15) is 45.0 Å². The molecule has 1 unspecified atom stereocenters. The second-order valence-electron chi connectivity index (χ2n) is 6.72. The Labute approximate surface area is 126 Å². The zero-order chi connectivity index (χ0) is 14.9. The Kier molecular flexibility index (Phi) is 4.55. The number of aromatic nitrogens is 2. The third-order valence-electron chi connectivity index (χ3n) is 3.93. The Morgan fingerprint density at radius 2 is 2.05 bits per heavy atom. The Morgan fingerprint density at radius 3 is 2.60 bits per heavy atom. The first-order valence-corrected chi connectivity index (χ1v) is 7.65. The summed E-state index contributed by atoms with van der Waals surface area (Å²) < 4.78 is 0. The van der Waals surface area contributed by atoms with E-state index in [0.717, 1.165) is 23.8 Å². The SMILES string of the molecule is Cc1c(Cl)nc(C(C)(C)C)nc1NCC1CCCN1C. The fraction of sp³-hybridized carbons (Fsp3) is 0.733.